The number of carbonyl (C=O) groups excluding carboxylic acids is 1. The summed E-state index contributed by atoms with van der Waals surface area (Å²) in [6.45, 7) is 1.83. The zero-order valence-electron chi connectivity index (χ0n) is 72.0. The standard InChI is InChI=1S/C93H179NO18/c1-3-5-7-9-11-13-15-17-19-21-23-25-27-29-31-33-35-37-39-41-43-45-47-49-51-53-55-57-59-61-63-65-67-69-71-81(99)94-76(77(98)70-68-66-64-62-60-58-56-54-52-50-48-46-44-42-40-38-36-34-32-30-28-26-24-22-20-18-16-14-12-10-8-6-4-2)75-107-91-87(105)84(102)89(79(73-96)109-91)112-93-88(106)85(103)90(80(74-97)110-93)111-92-86(104)83(101)82(100)78(72-95)108-92/h68,70,76-80,82-93,95-98,100-106H,3-67,69,71-75H2,1-2H3,(H,94,99)/b70-68+. The first-order chi connectivity index (χ1) is 54.8. The van der Waals surface area contributed by atoms with Crippen LogP contribution in [0.1, 0.15) is 444 Å². The maximum Gasteiger partial charge on any atom is 0.220 e. The average Bonchev–Trinajstić information content (AvgIpc) is 0.781. The number of aliphatic hydroxyl groups excluding tert-OH is 11. The van der Waals surface area contributed by atoms with Crippen LogP contribution in [0.2, 0.25) is 0 Å². The minimum Gasteiger partial charge on any atom is -0.394 e. The van der Waals surface area contributed by atoms with Crippen molar-refractivity contribution < 1.29 is 89.4 Å². The third-order valence-electron chi connectivity index (χ3n) is 24.3. The Labute approximate surface area is 684 Å². The number of hydrogen-bond acceptors (Lipinski definition) is 18. The second kappa shape index (κ2) is 73.5. The van der Waals surface area contributed by atoms with Gasteiger partial charge < -0.3 is 89.9 Å². The van der Waals surface area contributed by atoms with Gasteiger partial charge in [-0.2, -0.15) is 0 Å². The molecule has 0 aromatic rings. The van der Waals surface area contributed by atoms with Crippen LogP contribution in [0.5, 0.6) is 0 Å². The van der Waals surface area contributed by atoms with Gasteiger partial charge in [0, 0.05) is 6.42 Å². The Hall–Kier alpha value is -1.47. The lowest BCUT2D eigenvalue weighted by Gasteiger charge is -2.48. The number of unbranched alkanes of at least 4 members (excludes halogenated alkanes) is 64. The summed E-state index contributed by atoms with van der Waals surface area (Å²) in [6, 6.07) is -0.972. The fraction of sp³-hybridized carbons (Fsp3) is 0.968. The number of allylic oxidation sites excluding steroid dienone is 1. The van der Waals surface area contributed by atoms with Crippen LogP contribution in [0.15, 0.2) is 12.2 Å². The van der Waals surface area contributed by atoms with Crippen LogP contribution in [0.25, 0.3) is 0 Å². The average molecular weight is 1600 g/mol. The van der Waals surface area contributed by atoms with E-state index in [-0.39, 0.29) is 18.9 Å². The van der Waals surface area contributed by atoms with Gasteiger partial charge in [-0.3, -0.25) is 4.79 Å². The minimum atomic E-state index is -1.98. The van der Waals surface area contributed by atoms with Crippen LogP contribution in [-0.4, -0.2) is 193 Å². The summed E-state index contributed by atoms with van der Waals surface area (Å²) in [5.74, 6) is -0.264. The molecule has 3 aliphatic heterocycles. The third kappa shape index (κ3) is 51.2. The molecular formula is C93H179NO18. The highest BCUT2D eigenvalue weighted by Crippen LogP contribution is 2.34. The van der Waals surface area contributed by atoms with Crippen LogP contribution in [0, 0.1) is 0 Å². The Morgan fingerprint density at radius 1 is 0.312 bits per heavy atom. The lowest BCUT2D eigenvalue weighted by Crippen LogP contribution is -2.66. The van der Waals surface area contributed by atoms with Gasteiger partial charge >= 0.3 is 0 Å². The number of hydrogen-bond donors (Lipinski definition) is 12. The molecule has 3 fully saturated rings. The van der Waals surface area contributed by atoms with E-state index in [1.165, 1.54) is 372 Å². The summed E-state index contributed by atoms with van der Waals surface area (Å²) < 4.78 is 34.6. The SMILES string of the molecule is CCCCCCCCCCCCCCCCCCCCCCCCCCCCCCCCC/C=C/C(O)C(COC1OC(CO)C(OC2OC(CO)C(OC3OC(CO)C(O)C(O)C3O)C(O)C2O)C(O)C1O)NC(=O)CCCCCCCCCCCCCCCCCCCCCCCCCCCCCCCCCCCC. The van der Waals surface area contributed by atoms with E-state index in [0.717, 1.165) is 44.9 Å². The molecule has 0 saturated carbocycles. The van der Waals surface area contributed by atoms with Gasteiger partial charge in [-0.05, 0) is 19.3 Å². The molecular weight excluding hydrogens is 1420 g/mol. The predicted octanol–water partition coefficient (Wildman–Crippen LogP) is 19.0. The van der Waals surface area contributed by atoms with Crippen molar-refractivity contribution in [1.82, 2.24) is 5.32 Å². The number of ether oxygens (including phenoxy) is 6. The fourth-order valence-corrected chi connectivity index (χ4v) is 16.7. The zero-order valence-corrected chi connectivity index (χ0v) is 72.0. The first kappa shape index (κ1) is 105. The van der Waals surface area contributed by atoms with Crippen molar-refractivity contribution in [3.05, 3.63) is 12.2 Å². The quantitative estimate of drug-likeness (QED) is 0.0199. The summed E-state index contributed by atoms with van der Waals surface area (Å²) in [5.41, 5.74) is 0. The number of carbonyl (C=O) groups is 1. The van der Waals surface area contributed by atoms with Gasteiger partial charge in [0.15, 0.2) is 18.9 Å². The highest BCUT2D eigenvalue weighted by atomic mass is 16.8. The van der Waals surface area contributed by atoms with Gasteiger partial charge in [0.05, 0.1) is 38.6 Å². The van der Waals surface area contributed by atoms with Crippen molar-refractivity contribution in [3.8, 4) is 0 Å². The maximum atomic E-state index is 13.5. The first-order valence-electron chi connectivity index (χ1n) is 47.9. The molecule has 19 nitrogen and oxygen atoms in total. The molecule has 0 aliphatic carbocycles. The van der Waals surface area contributed by atoms with Gasteiger partial charge in [-0.25, -0.2) is 0 Å². The number of aliphatic hydroxyl groups is 11. The molecule has 112 heavy (non-hydrogen) atoms. The number of amides is 1. The highest BCUT2D eigenvalue weighted by Gasteiger charge is 2.54. The molecule has 0 aromatic carbocycles. The molecule has 12 N–H and O–H groups in total. The van der Waals surface area contributed by atoms with Crippen molar-refractivity contribution in [2.45, 2.75) is 548 Å². The maximum absolute atomic E-state index is 13.5. The van der Waals surface area contributed by atoms with E-state index in [1.807, 2.05) is 6.08 Å². The molecule has 0 radical (unpaired) electrons. The molecule has 664 valence electrons. The third-order valence-corrected chi connectivity index (χ3v) is 24.3. The van der Waals surface area contributed by atoms with Crippen LogP contribution in [-0.2, 0) is 33.2 Å². The summed E-state index contributed by atoms with van der Waals surface area (Å²) in [7, 11) is 0. The fourth-order valence-electron chi connectivity index (χ4n) is 16.7. The van der Waals surface area contributed by atoms with E-state index in [1.54, 1.807) is 6.08 Å². The number of rotatable bonds is 80. The van der Waals surface area contributed by atoms with Crippen molar-refractivity contribution in [2.24, 2.45) is 0 Å². The summed E-state index contributed by atoms with van der Waals surface area (Å²) >= 11 is 0. The summed E-state index contributed by atoms with van der Waals surface area (Å²) in [4.78, 5) is 13.5. The van der Waals surface area contributed by atoms with Gasteiger partial charge in [0.25, 0.3) is 0 Å². The molecule has 0 bridgehead atoms. The number of nitrogens with one attached hydrogen (secondary N) is 1. The van der Waals surface area contributed by atoms with Crippen LogP contribution in [0.4, 0.5) is 0 Å². The smallest absolute Gasteiger partial charge is 0.220 e. The zero-order chi connectivity index (χ0) is 81.0. The summed E-state index contributed by atoms with van der Waals surface area (Å²) in [6.07, 6.45) is 65.3. The molecule has 19 heteroatoms. The van der Waals surface area contributed by atoms with Crippen LogP contribution >= 0.6 is 0 Å². The van der Waals surface area contributed by atoms with Crippen LogP contribution in [0.3, 0.4) is 0 Å². The predicted molar refractivity (Wildman–Crippen MR) is 453 cm³/mol. The highest BCUT2D eigenvalue weighted by molar-refractivity contribution is 5.76. The van der Waals surface area contributed by atoms with Crippen molar-refractivity contribution in [1.29, 1.82) is 0 Å². The van der Waals surface area contributed by atoms with Gasteiger partial charge in [0.1, 0.15) is 73.2 Å². The van der Waals surface area contributed by atoms with E-state index >= 15 is 0 Å². The van der Waals surface area contributed by atoms with Crippen molar-refractivity contribution >= 4 is 5.91 Å². The van der Waals surface area contributed by atoms with E-state index < -0.39 is 124 Å². The minimum absolute atomic E-state index is 0.251. The second-order valence-corrected chi connectivity index (χ2v) is 34.6. The largest absolute Gasteiger partial charge is 0.394 e. The second-order valence-electron chi connectivity index (χ2n) is 34.6. The van der Waals surface area contributed by atoms with E-state index in [4.69, 9.17) is 28.4 Å². The van der Waals surface area contributed by atoms with Gasteiger partial charge in [-0.15, -0.1) is 0 Å². The first-order valence-corrected chi connectivity index (χ1v) is 47.9. The van der Waals surface area contributed by atoms with E-state index in [0.29, 0.717) is 6.42 Å². The monoisotopic (exact) mass is 1600 g/mol. The topological polar surface area (TPSA) is 307 Å². The normalized spacial score (nSPS) is 24.9. The molecule has 0 aromatic heterocycles. The molecule has 17 unspecified atom stereocenters. The Morgan fingerprint density at radius 3 is 0.839 bits per heavy atom. The lowest BCUT2D eigenvalue weighted by atomic mass is 9.96. The molecule has 17 atom stereocenters. The van der Waals surface area contributed by atoms with Crippen molar-refractivity contribution in [3.63, 3.8) is 0 Å². The Kier molecular flexibility index (Phi) is 68.7. The molecule has 3 rings (SSSR count). The Morgan fingerprint density at radius 2 is 0.554 bits per heavy atom. The molecule has 3 heterocycles. The Balaban J connectivity index is 1.30. The van der Waals surface area contributed by atoms with Crippen molar-refractivity contribution in [2.75, 3.05) is 26.4 Å². The molecule has 3 saturated heterocycles. The Bertz CT molecular complexity index is 2060. The van der Waals surface area contributed by atoms with Crippen LogP contribution < -0.4 is 5.32 Å². The van der Waals surface area contributed by atoms with E-state index in [9.17, 15) is 61.0 Å². The lowest BCUT2D eigenvalue weighted by molar-refractivity contribution is -0.379. The van der Waals surface area contributed by atoms with Gasteiger partial charge in [-0.1, -0.05) is 431 Å². The molecule has 1 amide bonds. The molecule has 0 spiro atoms. The van der Waals surface area contributed by atoms with E-state index in [2.05, 4.69) is 19.2 Å². The molecule has 3 aliphatic rings. The summed E-state index contributed by atoms with van der Waals surface area (Å²) in [5, 5.41) is 121. The van der Waals surface area contributed by atoms with Gasteiger partial charge in [0.2, 0.25) is 5.91 Å².